The maximum Gasteiger partial charge on any atom is 0.256 e. The molecule has 2 saturated heterocycles. The van der Waals surface area contributed by atoms with Crippen LogP contribution in [0.4, 0.5) is 5.69 Å². The number of fused-ring (bicyclic) bond motifs is 5. The number of hydrogen-bond acceptors (Lipinski definition) is 2. The second kappa shape index (κ2) is 3.50. The second-order valence-corrected chi connectivity index (χ2v) is 5.94. The highest BCUT2D eigenvalue weighted by Gasteiger charge is 2.50. The van der Waals surface area contributed by atoms with Gasteiger partial charge in [-0.05, 0) is 30.9 Å². The van der Waals surface area contributed by atoms with E-state index in [1.165, 1.54) is 12.8 Å². The molecule has 0 aromatic heterocycles. The van der Waals surface area contributed by atoms with Crippen LogP contribution in [0.1, 0.15) is 30.1 Å². The van der Waals surface area contributed by atoms with Crippen LogP contribution in [0.25, 0.3) is 0 Å². The number of anilines is 1. The van der Waals surface area contributed by atoms with Gasteiger partial charge in [0.2, 0.25) is 0 Å². The van der Waals surface area contributed by atoms with Gasteiger partial charge in [0.05, 0.1) is 17.6 Å². The van der Waals surface area contributed by atoms with Crippen molar-refractivity contribution in [2.45, 2.75) is 31.8 Å². The van der Waals surface area contributed by atoms with Crippen LogP contribution in [0.2, 0.25) is 0 Å². The van der Waals surface area contributed by atoms with Crippen molar-refractivity contribution >= 4 is 11.6 Å². The summed E-state index contributed by atoms with van der Waals surface area (Å²) >= 11 is 0. The number of carbonyl (C=O) groups excluding carboxylic acids is 1. The van der Waals surface area contributed by atoms with Crippen LogP contribution in [-0.2, 0) is 0 Å². The van der Waals surface area contributed by atoms with Gasteiger partial charge in [-0.2, -0.15) is 0 Å². The molecule has 94 valence electrons. The lowest BCUT2D eigenvalue weighted by atomic mass is 9.92. The Bertz CT molecular complexity index is 513. The molecule has 3 unspecified atom stereocenters. The summed E-state index contributed by atoms with van der Waals surface area (Å²) < 4.78 is 0. The van der Waals surface area contributed by atoms with Gasteiger partial charge in [-0.3, -0.25) is 4.79 Å². The number of nitrogens with zero attached hydrogens (tertiary/aromatic N) is 2. The van der Waals surface area contributed by atoms with Crippen molar-refractivity contribution in [1.29, 1.82) is 0 Å². The summed E-state index contributed by atoms with van der Waals surface area (Å²) in [6, 6.07) is 9.10. The summed E-state index contributed by atoms with van der Waals surface area (Å²) in [7, 11) is 0. The largest absolute Gasteiger partial charge is 0.362 e. The SMILES string of the molecule is CC1CCC2C3CN3c3ccccc3C(=O)N2C1. The van der Waals surface area contributed by atoms with Crippen LogP contribution >= 0.6 is 0 Å². The first-order valence-electron chi connectivity index (χ1n) is 6.92. The molecule has 3 aliphatic heterocycles. The average Bonchev–Trinajstić information content (AvgIpc) is 3.17. The Morgan fingerprint density at radius 2 is 1.89 bits per heavy atom. The number of carbonyl (C=O) groups is 1. The molecular formula is C15H18N2O. The van der Waals surface area contributed by atoms with E-state index in [-0.39, 0.29) is 5.91 Å². The normalized spacial score (nSPS) is 33.4. The van der Waals surface area contributed by atoms with Gasteiger partial charge in [0.1, 0.15) is 0 Å². The van der Waals surface area contributed by atoms with Gasteiger partial charge >= 0.3 is 0 Å². The maximum absolute atomic E-state index is 12.7. The Hall–Kier alpha value is -1.51. The van der Waals surface area contributed by atoms with E-state index in [2.05, 4.69) is 22.8 Å². The van der Waals surface area contributed by atoms with Crippen molar-refractivity contribution in [1.82, 2.24) is 4.90 Å². The molecule has 3 aliphatic rings. The molecule has 0 bridgehead atoms. The third-order valence-electron chi connectivity index (χ3n) is 4.66. The van der Waals surface area contributed by atoms with Gasteiger partial charge in [-0.1, -0.05) is 19.1 Å². The van der Waals surface area contributed by atoms with E-state index < -0.39 is 0 Å². The summed E-state index contributed by atoms with van der Waals surface area (Å²) in [5.41, 5.74) is 2.05. The third kappa shape index (κ3) is 1.33. The van der Waals surface area contributed by atoms with E-state index in [1.54, 1.807) is 0 Å². The quantitative estimate of drug-likeness (QED) is 0.651. The van der Waals surface area contributed by atoms with Crippen LogP contribution in [0.3, 0.4) is 0 Å². The van der Waals surface area contributed by atoms with Crippen molar-refractivity contribution in [3.8, 4) is 0 Å². The minimum atomic E-state index is 0.245. The summed E-state index contributed by atoms with van der Waals surface area (Å²) in [5, 5.41) is 0. The van der Waals surface area contributed by atoms with E-state index >= 15 is 0 Å². The van der Waals surface area contributed by atoms with Crippen molar-refractivity contribution in [3.05, 3.63) is 29.8 Å². The Morgan fingerprint density at radius 1 is 1.06 bits per heavy atom. The average molecular weight is 242 g/mol. The Balaban J connectivity index is 1.80. The smallest absolute Gasteiger partial charge is 0.256 e. The van der Waals surface area contributed by atoms with Gasteiger partial charge in [0.15, 0.2) is 0 Å². The highest BCUT2D eigenvalue weighted by molar-refractivity contribution is 6.01. The van der Waals surface area contributed by atoms with Gasteiger partial charge in [-0.15, -0.1) is 0 Å². The summed E-state index contributed by atoms with van der Waals surface area (Å²) in [4.78, 5) is 17.2. The number of para-hydroxylation sites is 1. The molecule has 3 atom stereocenters. The Kier molecular flexibility index (Phi) is 2.02. The van der Waals surface area contributed by atoms with Gasteiger partial charge < -0.3 is 9.80 Å². The number of benzene rings is 1. The van der Waals surface area contributed by atoms with Crippen molar-refractivity contribution < 1.29 is 4.79 Å². The lowest BCUT2D eigenvalue weighted by Crippen LogP contribution is -2.48. The molecule has 3 heteroatoms. The number of piperidine rings is 1. The molecule has 3 nitrogen and oxygen atoms in total. The van der Waals surface area contributed by atoms with Crippen LogP contribution in [-0.4, -0.2) is 36.0 Å². The molecule has 1 aromatic rings. The molecule has 0 aliphatic carbocycles. The first-order chi connectivity index (χ1) is 8.75. The molecule has 1 aromatic carbocycles. The lowest BCUT2D eigenvalue weighted by molar-refractivity contribution is 0.0557. The minimum Gasteiger partial charge on any atom is -0.362 e. The fourth-order valence-corrected chi connectivity index (χ4v) is 3.63. The van der Waals surface area contributed by atoms with Gasteiger partial charge in [0.25, 0.3) is 5.91 Å². The van der Waals surface area contributed by atoms with Crippen molar-refractivity contribution in [3.63, 3.8) is 0 Å². The Labute approximate surface area is 107 Å². The van der Waals surface area contributed by atoms with Crippen molar-refractivity contribution in [2.24, 2.45) is 5.92 Å². The summed E-state index contributed by atoms with van der Waals surface area (Å²) in [6.45, 7) is 4.31. The molecule has 0 radical (unpaired) electrons. The first-order valence-corrected chi connectivity index (χ1v) is 6.92. The minimum absolute atomic E-state index is 0.245. The van der Waals surface area contributed by atoms with E-state index in [9.17, 15) is 4.79 Å². The topological polar surface area (TPSA) is 23.3 Å². The molecule has 2 fully saturated rings. The van der Waals surface area contributed by atoms with Crippen LogP contribution in [0, 0.1) is 5.92 Å². The highest BCUT2D eigenvalue weighted by atomic mass is 16.2. The zero-order chi connectivity index (χ0) is 12.3. The number of hydrogen-bond donors (Lipinski definition) is 0. The lowest BCUT2D eigenvalue weighted by Gasteiger charge is -2.37. The number of amides is 1. The molecule has 3 heterocycles. The van der Waals surface area contributed by atoms with E-state index in [1.807, 2.05) is 18.2 Å². The molecular weight excluding hydrogens is 224 g/mol. The molecule has 18 heavy (non-hydrogen) atoms. The van der Waals surface area contributed by atoms with E-state index in [0.29, 0.717) is 18.0 Å². The maximum atomic E-state index is 12.7. The molecule has 4 rings (SSSR count). The molecule has 1 amide bonds. The van der Waals surface area contributed by atoms with Gasteiger partial charge in [-0.25, -0.2) is 0 Å². The summed E-state index contributed by atoms with van der Waals surface area (Å²) in [6.07, 6.45) is 2.43. The molecule has 0 spiro atoms. The summed E-state index contributed by atoms with van der Waals surface area (Å²) in [5.74, 6) is 0.886. The monoisotopic (exact) mass is 242 g/mol. The third-order valence-corrected chi connectivity index (χ3v) is 4.66. The zero-order valence-corrected chi connectivity index (χ0v) is 10.7. The van der Waals surface area contributed by atoms with E-state index in [0.717, 1.165) is 24.3 Å². The van der Waals surface area contributed by atoms with Crippen molar-refractivity contribution in [2.75, 3.05) is 18.0 Å². The van der Waals surface area contributed by atoms with Crippen LogP contribution in [0.5, 0.6) is 0 Å². The van der Waals surface area contributed by atoms with Crippen LogP contribution < -0.4 is 4.90 Å². The predicted molar refractivity (Wildman–Crippen MR) is 70.8 cm³/mol. The number of rotatable bonds is 0. The first kappa shape index (κ1) is 10.4. The molecule has 0 N–H and O–H groups in total. The highest BCUT2D eigenvalue weighted by Crippen LogP contribution is 2.42. The van der Waals surface area contributed by atoms with E-state index in [4.69, 9.17) is 0 Å². The fourth-order valence-electron chi connectivity index (χ4n) is 3.63. The predicted octanol–water partition coefficient (Wildman–Crippen LogP) is 2.13. The standard InChI is InChI=1S/C15H18N2O/c1-10-6-7-13-14-9-16(14)12-5-3-2-4-11(12)15(18)17(13)8-10/h2-5,10,13-14H,6-9H2,1H3. The Morgan fingerprint density at radius 3 is 2.78 bits per heavy atom. The zero-order valence-electron chi connectivity index (χ0n) is 10.7. The van der Waals surface area contributed by atoms with Crippen LogP contribution in [0.15, 0.2) is 24.3 Å². The fraction of sp³-hybridized carbons (Fsp3) is 0.533. The second-order valence-electron chi connectivity index (χ2n) is 5.94. The molecule has 0 saturated carbocycles. The van der Waals surface area contributed by atoms with Gasteiger partial charge in [0, 0.05) is 18.8 Å².